The monoisotopic (exact) mass is 326 g/mol. The van der Waals surface area contributed by atoms with Gasteiger partial charge in [0.2, 0.25) is 10.3 Å². The van der Waals surface area contributed by atoms with Gasteiger partial charge in [-0.15, -0.1) is 0 Å². The first-order valence-corrected chi connectivity index (χ1v) is 9.41. The molecule has 22 heavy (non-hydrogen) atoms. The van der Waals surface area contributed by atoms with Crippen LogP contribution in [0.5, 0.6) is 0 Å². The van der Waals surface area contributed by atoms with E-state index in [-0.39, 0.29) is 0 Å². The van der Waals surface area contributed by atoms with E-state index in [1.54, 1.807) is 0 Å². The van der Waals surface area contributed by atoms with Gasteiger partial charge in [0.05, 0.1) is 4.86 Å². The molecule has 0 amide bonds. The van der Waals surface area contributed by atoms with Crippen molar-refractivity contribution in [3.05, 3.63) is 84.2 Å². The van der Waals surface area contributed by atoms with Gasteiger partial charge in [-0.3, -0.25) is 0 Å². The van der Waals surface area contributed by atoms with Crippen molar-refractivity contribution in [2.45, 2.75) is 6.42 Å². The highest BCUT2D eigenvalue weighted by Crippen LogP contribution is 2.44. The van der Waals surface area contributed by atoms with E-state index < -0.39 is 18.2 Å². The van der Waals surface area contributed by atoms with Gasteiger partial charge in [-0.25, -0.2) is 0 Å². The Bertz CT molecular complexity index is 803. The Balaban J connectivity index is 2.15. The quantitative estimate of drug-likeness (QED) is 0.642. The minimum Gasteiger partial charge on any atom is -0.184 e. The van der Waals surface area contributed by atoms with Crippen LogP contribution in [0.2, 0.25) is 0 Å². The van der Waals surface area contributed by atoms with Gasteiger partial charge in [0.15, 0.2) is 0 Å². The van der Waals surface area contributed by atoms with Crippen LogP contribution in [0.25, 0.3) is 0 Å². The van der Waals surface area contributed by atoms with Crippen LogP contribution in [0, 0.1) is 0 Å². The van der Waals surface area contributed by atoms with Crippen molar-refractivity contribution < 1.29 is 8.42 Å². The Morgan fingerprint density at radius 2 is 1.36 bits per heavy atom. The molecule has 1 aliphatic rings. The van der Waals surface area contributed by atoms with Crippen molar-refractivity contribution in [3.8, 4) is 0 Å². The molecular weight excluding hydrogens is 311 g/mol. The summed E-state index contributed by atoms with van der Waals surface area (Å²) in [4.78, 5) is 0.455. The molecule has 0 radical (unpaired) electrons. The topological polar surface area (TPSA) is 34.1 Å². The van der Waals surface area contributed by atoms with Gasteiger partial charge in [0, 0.05) is 6.42 Å². The molecule has 2 aromatic rings. The maximum Gasteiger partial charge on any atom is 0.217 e. The Hall–Kier alpha value is -1.96. The van der Waals surface area contributed by atoms with E-state index in [2.05, 4.69) is 30.3 Å². The van der Waals surface area contributed by atoms with Crippen LogP contribution < -0.4 is 10.6 Å². The van der Waals surface area contributed by atoms with Crippen molar-refractivity contribution in [1.82, 2.24) is 0 Å². The van der Waals surface area contributed by atoms with Crippen LogP contribution in [0.1, 0.15) is 6.42 Å². The lowest BCUT2D eigenvalue weighted by Gasteiger charge is -2.21. The summed E-state index contributed by atoms with van der Waals surface area (Å²) >= 11 is 0. The number of hydrogen-bond acceptors (Lipinski definition) is 2. The van der Waals surface area contributed by atoms with Crippen LogP contribution in [-0.4, -0.2) is 13.3 Å². The van der Waals surface area contributed by atoms with Crippen LogP contribution in [-0.2, 0) is 10.3 Å². The third kappa shape index (κ3) is 3.27. The van der Waals surface area contributed by atoms with E-state index in [9.17, 15) is 8.42 Å². The summed E-state index contributed by atoms with van der Waals surface area (Å²) in [6.07, 6.45) is 6.30. The van der Waals surface area contributed by atoms with Crippen LogP contribution in [0.4, 0.5) is 0 Å². The average Bonchev–Trinajstić information content (AvgIpc) is 2.57. The molecule has 3 rings (SSSR count). The van der Waals surface area contributed by atoms with Gasteiger partial charge in [-0.1, -0.05) is 72.8 Å². The van der Waals surface area contributed by atoms with Gasteiger partial charge in [0.1, 0.15) is 0 Å². The molecule has 0 aliphatic heterocycles. The van der Waals surface area contributed by atoms with E-state index in [1.807, 2.05) is 48.6 Å². The molecule has 0 unspecified atom stereocenters. The molecule has 110 valence electrons. The maximum absolute atomic E-state index is 11.3. The smallest absolute Gasteiger partial charge is 0.184 e. The second kappa shape index (κ2) is 6.87. The summed E-state index contributed by atoms with van der Waals surface area (Å²) in [5.41, 5.74) is 0. The van der Waals surface area contributed by atoms with Crippen molar-refractivity contribution in [1.29, 1.82) is 0 Å². The van der Waals surface area contributed by atoms with Crippen molar-refractivity contribution in [2.24, 2.45) is 0 Å². The van der Waals surface area contributed by atoms with Gasteiger partial charge in [0.25, 0.3) is 0 Å². The van der Waals surface area contributed by atoms with Gasteiger partial charge >= 0.3 is 0 Å². The molecule has 0 spiro atoms. The zero-order valence-corrected chi connectivity index (χ0v) is 13.6. The fraction of sp³-hybridized carbons (Fsp3) is 0.0556. The number of allylic oxidation sites excluding steroid dienone is 4. The molecular formula is C18H15O2PS. The van der Waals surface area contributed by atoms with Crippen molar-refractivity contribution >= 4 is 33.7 Å². The predicted octanol–water partition coefficient (Wildman–Crippen LogP) is 3.01. The molecule has 1 aliphatic carbocycles. The molecule has 0 heterocycles. The summed E-state index contributed by atoms with van der Waals surface area (Å²) in [5, 5.41) is 3.51. The SMILES string of the molecule is O=S(=O)=C1C=C(P(c2ccccc2)c2ccccc2)C=CC1. The molecule has 4 heteroatoms. The number of hydrogen-bond donors (Lipinski definition) is 0. The van der Waals surface area contributed by atoms with Gasteiger partial charge in [-0.05, 0) is 29.9 Å². The summed E-state index contributed by atoms with van der Waals surface area (Å²) in [7, 11) is -2.89. The molecule has 0 bridgehead atoms. The number of benzene rings is 2. The summed E-state index contributed by atoms with van der Waals surface area (Å²) in [6, 6.07) is 20.5. The molecule has 0 N–H and O–H groups in total. The lowest BCUT2D eigenvalue weighted by atomic mass is 10.2. The lowest BCUT2D eigenvalue weighted by molar-refractivity contribution is 0.627. The highest BCUT2D eigenvalue weighted by atomic mass is 32.2. The second-order valence-corrected chi connectivity index (χ2v) is 8.10. The first kappa shape index (κ1) is 15.0. The summed E-state index contributed by atoms with van der Waals surface area (Å²) in [5.74, 6) is 0. The molecule has 0 fully saturated rings. The Morgan fingerprint density at radius 1 is 0.818 bits per heavy atom. The minimum atomic E-state index is -2.15. The normalized spacial score (nSPS) is 14.0. The molecule has 2 aromatic carbocycles. The Kier molecular flexibility index (Phi) is 4.67. The fourth-order valence-electron chi connectivity index (χ4n) is 2.42. The zero-order chi connectivity index (χ0) is 15.4. The van der Waals surface area contributed by atoms with Crippen molar-refractivity contribution in [2.75, 3.05) is 0 Å². The second-order valence-electron chi connectivity index (χ2n) is 4.88. The number of rotatable bonds is 3. The van der Waals surface area contributed by atoms with E-state index in [1.165, 1.54) is 10.6 Å². The molecule has 0 saturated carbocycles. The van der Waals surface area contributed by atoms with Crippen LogP contribution in [0.15, 0.2) is 84.2 Å². The van der Waals surface area contributed by atoms with Crippen LogP contribution >= 0.6 is 7.92 Å². The predicted molar refractivity (Wildman–Crippen MR) is 94.8 cm³/mol. The first-order valence-electron chi connectivity index (χ1n) is 6.99. The molecule has 2 nitrogen and oxygen atoms in total. The van der Waals surface area contributed by atoms with E-state index in [0.29, 0.717) is 11.3 Å². The van der Waals surface area contributed by atoms with Gasteiger partial charge in [-0.2, -0.15) is 8.42 Å². The lowest BCUT2D eigenvalue weighted by Crippen LogP contribution is -2.14. The summed E-state index contributed by atoms with van der Waals surface area (Å²) < 4.78 is 22.6. The summed E-state index contributed by atoms with van der Waals surface area (Å²) in [6.45, 7) is 0. The first-order chi connectivity index (χ1) is 10.8. The largest absolute Gasteiger partial charge is 0.217 e. The molecule has 0 atom stereocenters. The van der Waals surface area contributed by atoms with E-state index >= 15 is 0 Å². The van der Waals surface area contributed by atoms with E-state index in [4.69, 9.17) is 0 Å². The Labute approximate surface area is 133 Å². The Morgan fingerprint density at radius 3 is 1.86 bits per heavy atom. The third-order valence-corrected chi connectivity index (χ3v) is 6.55. The molecule has 0 saturated heterocycles. The van der Waals surface area contributed by atoms with E-state index in [0.717, 1.165) is 5.31 Å². The standard InChI is InChI=1S/C18H15O2PS/c19-22(20)18-13-7-12-17(14-18)21(15-8-3-1-4-9-15)16-10-5-2-6-11-16/h1-12,14H,13H2. The van der Waals surface area contributed by atoms with Crippen molar-refractivity contribution in [3.63, 3.8) is 0 Å². The average molecular weight is 326 g/mol. The highest BCUT2D eigenvalue weighted by Gasteiger charge is 2.19. The maximum atomic E-state index is 11.3. The zero-order valence-electron chi connectivity index (χ0n) is 11.9. The minimum absolute atomic E-state index is 0.455. The van der Waals surface area contributed by atoms with Crippen LogP contribution in [0.3, 0.4) is 0 Å². The highest BCUT2D eigenvalue weighted by molar-refractivity contribution is 7.77. The fourth-order valence-corrected chi connectivity index (χ4v) is 5.34. The van der Waals surface area contributed by atoms with Gasteiger partial charge < -0.3 is 0 Å². The third-order valence-electron chi connectivity index (χ3n) is 3.42. The molecule has 0 aromatic heterocycles.